The number of rotatable bonds is 6. The third kappa shape index (κ3) is 3.65. The van der Waals surface area contributed by atoms with Gasteiger partial charge in [0.1, 0.15) is 0 Å². The van der Waals surface area contributed by atoms with Crippen molar-refractivity contribution < 1.29 is 9.47 Å². The molecule has 0 saturated heterocycles. The zero-order chi connectivity index (χ0) is 17.8. The van der Waals surface area contributed by atoms with Gasteiger partial charge in [-0.05, 0) is 41.7 Å². The monoisotopic (exact) mass is 340 g/mol. The molecule has 134 valence electrons. The van der Waals surface area contributed by atoms with Gasteiger partial charge >= 0.3 is 0 Å². The predicted octanol–water partition coefficient (Wildman–Crippen LogP) is 3.54. The molecule has 3 rings (SSSR count). The van der Waals surface area contributed by atoms with Crippen LogP contribution in [-0.2, 0) is 13.0 Å². The Balaban J connectivity index is 1.98. The average Bonchev–Trinajstić information content (AvgIpc) is 2.66. The van der Waals surface area contributed by atoms with Crippen LogP contribution in [-0.4, -0.2) is 31.7 Å². The van der Waals surface area contributed by atoms with Crippen molar-refractivity contribution in [3.63, 3.8) is 0 Å². The van der Waals surface area contributed by atoms with Crippen LogP contribution >= 0.6 is 0 Å². The summed E-state index contributed by atoms with van der Waals surface area (Å²) < 4.78 is 11.0. The molecular formula is C21H28N2O2. The fourth-order valence-electron chi connectivity index (χ4n) is 3.75. The van der Waals surface area contributed by atoms with E-state index >= 15 is 0 Å². The third-order valence-corrected chi connectivity index (χ3v) is 5.13. The molecule has 0 saturated carbocycles. The highest BCUT2D eigenvalue weighted by Crippen LogP contribution is 2.40. The van der Waals surface area contributed by atoms with Gasteiger partial charge in [0.15, 0.2) is 11.5 Å². The van der Waals surface area contributed by atoms with Crippen molar-refractivity contribution in [1.29, 1.82) is 0 Å². The molecule has 2 aromatic rings. The van der Waals surface area contributed by atoms with Crippen molar-refractivity contribution in [1.82, 2.24) is 4.90 Å². The minimum Gasteiger partial charge on any atom is -0.493 e. The molecule has 4 nitrogen and oxygen atoms in total. The molecule has 0 amide bonds. The first-order chi connectivity index (χ1) is 12.2. The highest BCUT2D eigenvalue weighted by atomic mass is 16.5. The standard InChI is InChI=1S/C21H28N2O2/c1-4-18(22)21-17-13-20(25-3)19(24-2)12-16(17)10-11-23(21)14-15-8-6-5-7-9-15/h5-9,12-13,18,21H,4,10-11,14,22H2,1-3H3/t18-,21+/m1/s1. The maximum atomic E-state index is 6.55. The van der Waals surface area contributed by atoms with E-state index in [4.69, 9.17) is 15.2 Å². The molecule has 2 atom stereocenters. The fourth-order valence-corrected chi connectivity index (χ4v) is 3.75. The molecular weight excluding hydrogens is 312 g/mol. The Morgan fingerprint density at radius 3 is 2.44 bits per heavy atom. The Labute approximate surface area is 150 Å². The van der Waals surface area contributed by atoms with E-state index in [0.717, 1.165) is 37.4 Å². The SMILES string of the molecule is CC[C@@H](N)[C@@H]1c2cc(OC)c(OC)cc2CCN1Cc1ccccc1. The summed E-state index contributed by atoms with van der Waals surface area (Å²) in [5.74, 6) is 1.57. The van der Waals surface area contributed by atoms with Crippen LogP contribution in [0.25, 0.3) is 0 Å². The molecule has 25 heavy (non-hydrogen) atoms. The van der Waals surface area contributed by atoms with Crippen LogP contribution in [0.5, 0.6) is 11.5 Å². The first-order valence-electron chi connectivity index (χ1n) is 8.96. The van der Waals surface area contributed by atoms with Gasteiger partial charge in [0.2, 0.25) is 0 Å². The normalized spacial score (nSPS) is 18.5. The Morgan fingerprint density at radius 2 is 1.80 bits per heavy atom. The van der Waals surface area contributed by atoms with E-state index in [1.54, 1.807) is 14.2 Å². The summed E-state index contributed by atoms with van der Waals surface area (Å²) >= 11 is 0. The van der Waals surface area contributed by atoms with Crippen molar-refractivity contribution in [2.45, 2.75) is 38.4 Å². The number of hydrogen-bond acceptors (Lipinski definition) is 4. The van der Waals surface area contributed by atoms with Crippen LogP contribution in [0.3, 0.4) is 0 Å². The summed E-state index contributed by atoms with van der Waals surface area (Å²) in [5.41, 5.74) is 10.5. The van der Waals surface area contributed by atoms with Gasteiger partial charge in [0.05, 0.1) is 20.3 Å². The molecule has 4 heteroatoms. The van der Waals surface area contributed by atoms with E-state index in [0.29, 0.717) is 0 Å². The van der Waals surface area contributed by atoms with Crippen LogP contribution in [0.4, 0.5) is 0 Å². The van der Waals surface area contributed by atoms with E-state index in [1.807, 2.05) is 0 Å². The maximum absolute atomic E-state index is 6.55. The Bertz CT molecular complexity index is 703. The second-order valence-electron chi connectivity index (χ2n) is 6.63. The van der Waals surface area contributed by atoms with Crippen molar-refractivity contribution in [3.8, 4) is 11.5 Å². The van der Waals surface area contributed by atoms with Crippen LogP contribution in [0.15, 0.2) is 42.5 Å². The summed E-state index contributed by atoms with van der Waals surface area (Å²) in [6, 6.07) is 15.1. The molecule has 0 bridgehead atoms. The van der Waals surface area contributed by atoms with Crippen LogP contribution in [0, 0.1) is 0 Å². The van der Waals surface area contributed by atoms with Gasteiger partial charge < -0.3 is 15.2 Å². The number of hydrogen-bond donors (Lipinski definition) is 1. The van der Waals surface area contributed by atoms with E-state index < -0.39 is 0 Å². The lowest BCUT2D eigenvalue weighted by Gasteiger charge is -2.40. The van der Waals surface area contributed by atoms with Gasteiger partial charge in [0, 0.05) is 19.1 Å². The molecule has 0 spiro atoms. The van der Waals surface area contributed by atoms with Crippen molar-refractivity contribution in [2.24, 2.45) is 5.73 Å². The minimum absolute atomic E-state index is 0.0841. The summed E-state index contributed by atoms with van der Waals surface area (Å²) in [7, 11) is 3.37. The highest BCUT2D eigenvalue weighted by molar-refractivity contribution is 5.50. The van der Waals surface area contributed by atoms with Gasteiger partial charge in [0.25, 0.3) is 0 Å². The van der Waals surface area contributed by atoms with E-state index in [-0.39, 0.29) is 12.1 Å². The number of methoxy groups -OCH3 is 2. The molecule has 2 aromatic carbocycles. The lowest BCUT2D eigenvalue weighted by molar-refractivity contribution is 0.149. The average molecular weight is 340 g/mol. The van der Waals surface area contributed by atoms with Gasteiger partial charge in [-0.1, -0.05) is 37.3 Å². The van der Waals surface area contributed by atoms with Crippen LogP contribution < -0.4 is 15.2 Å². The minimum atomic E-state index is 0.0841. The molecule has 1 aliphatic heterocycles. The lowest BCUT2D eigenvalue weighted by atomic mass is 9.86. The quantitative estimate of drug-likeness (QED) is 0.874. The van der Waals surface area contributed by atoms with E-state index in [1.165, 1.54) is 16.7 Å². The Kier molecular flexibility index (Phi) is 5.61. The number of nitrogens with two attached hydrogens (primary N) is 1. The van der Waals surface area contributed by atoms with Crippen LogP contribution in [0.1, 0.15) is 36.1 Å². The first kappa shape index (κ1) is 17.8. The molecule has 0 aromatic heterocycles. The number of ether oxygens (including phenoxy) is 2. The molecule has 1 aliphatic rings. The van der Waals surface area contributed by atoms with Gasteiger partial charge in [-0.3, -0.25) is 4.90 Å². The molecule has 0 radical (unpaired) electrons. The van der Waals surface area contributed by atoms with Gasteiger partial charge in [-0.15, -0.1) is 0 Å². The largest absolute Gasteiger partial charge is 0.493 e. The maximum Gasteiger partial charge on any atom is 0.161 e. The molecule has 1 heterocycles. The Hall–Kier alpha value is -2.04. The summed E-state index contributed by atoms with van der Waals surface area (Å²) in [4.78, 5) is 2.50. The second-order valence-corrected chi connectivity index (χ2v) is 6.63. The number of nitrogens with zero attached hydrogens (tertiary/aromatic N) is 1. The van der Waals surface area contributed by atoms with Crippen LogP contribution in [0.2, 0.25) is 0 Å². The number of fused-ring (bicyclic) bond motifs is 1. The van der Waals surface area contributed by atoms with Crippen molar-refractivity contribution >= 4 is 0 Å². The smallest absolute Gasteiger partial charge is 0.161 e. The summed E-state index contributed by atoms with van der Waals surface area (Å²) in [5, 5.41) is 0. The van der Waals surface area contributed by atoms with E-state index in [2.05, 4.69) is 54.3 Å². The zero-order valence-electron chi connectivity index (χ0n) is 15.4. The summed E-state index contributed by atoms with van der Waals surface area (Å²) in [6.45, 7) is 4.06. The fraction of sp³-hybridized carbons (Fsp3) is 0.429. The number of benzene rings is 2. The first-order valence-corrected chi connectivity index (χ1v) is 8.96. The lowest BCUT2D eigenvalue weighted by Crippen LogP contribution is -2.44. The van der Waals surface area contributed by atoms with E-state index in [9.17, 15) is 0 Å². The predicted molar refractivity (Wildman–Crippen MR) is 101 cm³/mol. The zero-order valence-corrected chi connectivity index (χ0v) is 15.4. The highest BCUT2D eigenvalue weighted by Gasteiger charge is 2.32. The third-order valence-electron chi connectivity index (χ3n) is 5.13. The molecule has 2 N–H and O–H groups in total. The van der Waals surface area contributed by atoms with Gasteiger partial charge in [-0.25, -0.2) is 0 Å². The second kappa shape index (κ2) is 7.89. The molecule has 0 fully saturated rings. The molecule has 0 aliphatic carbocycles. The topological polar surface area (TPSA) is 47.7 Å². The van der Waals surface area contributed by atoms with Gasteiger partial charge in [-0.2, -0.15) is 0 Å². The Morgan fingerprint density at radius 1 is 1.12 bits per heavy atom. The summed E-state index contributed by atoms with van der Waals surface area (Å²) in [6.07, 6.45) is 1.93. The molecule has 0 unspecified atom stereocenters. The van der Waals surface area contributed by atoms with Crippen molar-refractivity contribution in [2.75, 3.05) is 20.8 Å². The van der Waals surface area contributed by atoms with Crippen molar-refractivity contribution in [3.05, 3.63) is 59.2 Å².